The van der Waals surface area contributed by atoms with Gasteiger partial charge in [-0.05, 0) is 18.4 Å². The number of nitrogens with zero attached hydrogens (tertiary/aromatic N) is 1. The quantitative estimate of drug-likeness (QED) is 0.665. The maximum atomic E-state index is 12.5. The molecule has 0 radical (unpaired) electrons. The molecular formula is C18H26N2O4S. The lowest BCUT2D eigenvalue weighted by Crippen LogP contribution is -2.49. The van der Waals surface area contributed by atoms with E-state index in [0.29, 0.717) is 38.1 Å². The molecule has 1 aromatic rings. The molecule has 0 bridgehead atoms. The van der Waals surface area contributed by atoms with Gasteiger partial charge < -0.3 is 15.3 Å². The minimum Gasteiger partial charge on any atom is -0.480 e. The highest BCUT2D eigenvalue weighted by molar-refractivity contribution is 8.13. The van der Waals surface area contributed by atoms with Gasteiger partial charge >= 0.3 is 12.0 Å². The zero-order valence-electron chi connectivity index (χ0n) is 14.7. The second-order valence-corrected chi connectivity index (χ2v) is 6.96. The van der Waals surface area contributed by atoms with Crippen molar-refractivity contribution in [3.8, 4) is 0 Å². The summed E-state index contributed by atoms with van der Waals surface area (Å²) in [4.78, 5) is 36.4. The number of carboxylic acids is 1. The Balaban J connectivity index is 2.68. The Kier molecular flexibility index (Phi) is 9.69. The first-order valence-corrected chi connectivity index (χ1v) is 9.38. The molecule has 1 unspecified atom stereocenters. The predicted molar refractivity (Wildman–Crippen MR) is 99.7 cm³/mol. The zero-order valence-corrected chi connectivity index (χ0v) is 15.6. The molecule has 0 saturated heterocycles. The van der Waals surface area contributed by atoms with Gasteiger partial charge in [-0.1, -0.05) is 55.4 Å². The maximum Gasteiger partial charge on any atom is 0.326 e. The number of hydrogen-bond donors (Lipinski definition) is 2. The van der Waals surface area contributed by atoms with Crippen molar-refractivity contribution >= 4 is 28.9 Å². The maximum absolute atomic E-state index is 12.5. The van der Waals surface area contributed by atoms with Crippen molar-refractivity contribution in [3.05, 3.63) is 35.9 Å². The Morgan fingerprint density at radius 3 is 2.44 bits per heavy atom. The summed E-state index contributed by atoms with van der Waals surface area (Å²) in [5.41, 5.74) is 1.10. The molecule has 6 nitrogen and oxygen atoms in total. The average Bonchev–Trinajstić information content (AvgIpc) is 2.57. The van der Waals surface area contributed by atoms with Crippen molar-refractivity contribution in [2.24, 2.45) is 0 Å². The third-order valence-electron chi connectivity index (χ3n) is 3.64. The summed E-state index contributed by atoms with van der Waals surface area (Å²) < 4.78 is 0. The highest BCUT2D eigenvalue weighted by Gasteiger charge is 2.22. The van der Waals surface area contributed by atoms with Crippen LogP contribution in [0.15, 0.2) is 30.3 Å². The van der Waals surface area contributed by atoms with E-state index in [1.54, 1.807) is 4.90 Å². The molecule has 25 heavy (non-hydrogen) atoms. The van der Waals surface area contributed by atoms with E-state index in [-0.39, 0.29) is 5.12 Å². The number of carboxylic acid groups (broad SMARTS) is 1. The van der Waals surface area contributed by atoms with Crippen LogP contribution in [-0.2, 0) is 16.0 Å². The molecule has 0 saturated carbocycles. The Bertz CT molecular complexity index is 565. The second-order valence-electron chi connectivity index (χ2n) is 5.69. The van der Waals surface area contributed by atoms with Crippen molar-refractivity contribution < 1.29 is 19.5 Å². The van der Waals surface area contributed by atoms with Crippen LogP contribution in [0.1, 0.15) is 32.3 Å². The van der Waals surface area contributed by atoms with Gasteiger partial charge in [-0.3, -0.25) is 4.79 Å². The van der Waals surface area contributed by atoms with E-state index >= 15 is 0 Å². The lowest BCUT2D eigenvalue weighted by Gasteiger charge is -2.25. The normalized spacial score (nSPS) is 11.6. The molecule has 0 fully saturated rings. The molecule has 0 spiro atoms. The first kappa shape index (κ1) is 21.0. The lowest BCUT2D eigenvalue weighted by molar-refractivity contribution is -0.139. The summed E-state index contributed by atoms with van der Waals surface area (Å²) in [6.45, 7) is 4.22. The smallest absolute Gasteiger partial charge is 0.326 e. The monoisotopic (exact) mass is 366 g/mol. The van der Waals surface area contributed by atoms with Gasteiger partial charge in [0.1, 0.15) is 6.04 Å². The van der Waals surface area contributed by atoms with Crippen molar-refractivity contribution in [1.29, 1.82) is 0 Å². The fourth-order valence-electron chi connectivity index (χ4n) is 2.31. The first-order valence-electron chi connectivity index (χ1n) is 8.39. The van der Waals surface area contributed by atoms with Gasteiger partial charge in [0.2, 0.25) is 0 Å². The number of rotatable bonds is 10. The lowest BCUT2D eigenvalue weighted by atomic mass is 10.1. The fourth-order valence-corrected chi connectivity index (χ4v) is 2.91. The minimum atomic E-state index is -1.03. The van der Waals surface area contributed by atoms with Crippen LogP contribution < -0.4 is 5.32 Å². The Morgan fingerprint density at radius 1 is 1.20 bits per heavy atom. The van der Waals surface area contributed by atoms with Crippen LogP contribution in [-0.4, -0.2) is 52.0 Å². The minimum absolute atomic E-state index is 0.00202. The van der Waals surface area contributed by atoms with E-state index in [9.17, 15) is 19.5 Å². The van der Waals surface area contributed by atoms with E-state index < -0.39 is 18.0 Å². The van der Waals surface area contributed by atoms with Crippen molar-refractivity contribution in [2.75, 3.05) is 18.8 Å². The van der Waals surface area contributed by atoms with Crippen molar-refractivity contribution in [3.63, 3.8) is 0 Å². The fraction of sp³-hybridized carbons (Fsp3) is 0.500. The molecule has 0 aliphatic heterocycles. The van der Waals surface area contributed by atoms with Crippen LogP contribution in [0.3, 0.4) is 0 Å². The summed E-state index contributed by atoms with van der Waals surface area (Å²) in [5, 5.41) is 11.8. The van der Waals surface area contributed by atoms with Gasteiger partial charge in [-0.15, -0.1) is 0 Å². The van der Waals surface area contributed by atoms with E-state index in [2.05, 4.69) is 5.32 Å². The molecule has 1 atom stereocenters. The van der Waals surface area contributed by atoms with Crippen LogP contribution in [0, 0.1) is 0 Å². The largest absolute Gasteiger partial charge is 0.480 e. The number of carbonyl (C=O) groups excluding carboxylic acids is 2. The number of hydrogen-bond acceptors (Lipinski definition) is 4. The molecule has 0 aliphatic carbocycles. The Morgan fingerprint density at radius 2 is 1.88 bits per heavy atom. The van der Waals surface area contributed by atoms with E-state index in [0.717, 1.165) is 17.3 Å². The molecule has 1 aromatic carbocycles. The standard InChI is InChI=1S/C18H26N2O4S/c1-3-7-16(17(22)23)19-18(24)20(12-13-25-14(2)21)11-10-15-8-5-4-6-9-15/h4-6,8-9,16H,3,7,10-13H2,1-2H3,(H,19,24)(H,22,23). The molecule has 0 heterocycles. The summed E-state index contributed by atoms with van der Waals surface area (Å²) in [6, 6.07) is 8.48. The summed E-state index contributed by atoms with van der Waals surface area (Å²) in [6.07, 6.45) is 1.72. The SMILES string of the molecule is CCCC(NC(=O)N(CCSC(C)=O)CCc1ccccc1)C(=O)O. The van der Waals surface area contributed by atoms with E-state index in [1.807, 2.05) is 37.3 Å². The highest BCUT2D eigenvalue weighted by Crippen LogP contribution is 2.07. The van der Waals surface area contributed by atoms with Crippen LogP contribution in [0.4, 0.5) is 4.79 Å². The topological polar surface area (TPSA) is 86.7 Å². The van der Waals surface area contributed by atoms with Crippen LogP contribution >= 0.6 is 11.8 Å². The van der Waals surface area contributed by atoms with Crippen molar-refractivity contribution in [2.45, 2.75) is 39.2 Å². The summed E-state index contributed by atoms with van der Waals surface area (Å²) in [7, 11) is 0. The molecule has 0 aliphatic rings. The number of thioether (sulfide) groups is 1. The van der Waals surface area contributed by atoms with E-state index in [4.69, 9.17) is 0 Å². The van der Waals surface area contributed by atoms with Gasteiger partial charge in [-0.2, -0.15) is 0 Å². The van der Waals surface area contributed by atoms with Gasteiger partial charge in [0.25, 0.3) is 0 Å². The third kappa shape index (κ3) is 8.58. The Labute approximate surface area is 153 Å². The van der Waals surface area contributed by atoms with Crippen LogP contribution in [0.2, 0.25) is 0 Å². The number of carbonyl (C=O) groups is 3. The summed E-state index contributed by atoms with van der Waals surface area (Å²) in [5.74, 6) is -0.542. The number of amides is 2. The second kappa shape index (κ2) is 11.5. The molecule has 138 valence electrons. The van der Waals surface area contributed by atoms with Crippen LogP contribution in [0.25, 0.3) is 0 Å². The molecule has 1 rings (SSSR count). The Hall–Kier alpha value is -2.02. The highest BCUT2D eigenvalue weighted by atomic mass is 32.2. The molecule has 2 N–H and O–H groups in total. The van der Waals surface area contributed by atoms with Gasteiger partial charge in [0.05, 0.1) is 0 Å². The van der Waals surface area contributed by atoms with Crippen LogP contribution in [0.5, 0.6) is 0 Å². The van der Waals surface area contributed by atoms with Crippen molar-refractivity contribution in [1.82, 2.24) is 10.2 Å². The molecule has 0 aromatic heterocycles. The van der Waals surface area contributed by atoms with Gasteiger partial charge in [0.15, 0.2) is 5.12 Å². The van der Waals surface area contributed by atoms with E-state index in [1.165, 1.54) is 6.92 Å². The third-order valence-corrected chi connectivity index (χ3v) is 4.43. The predicted octanol–water partition coefficient (Wildman–Crippen LogP) is 2.77. The van der Waals surface area contributed by atoms with Gasteiger partial charge in [0, 0.05) is 25.8 Å². The number of urea groups is 1. The van der Waals surface area contributed by atoms with Gasteiger partial charge in [-0.25, -0.2) is 9.59 Å². The zero-order chi connectivity index (χ0) is 18.7. The number of nitrogens with one attached hydrogen (secondary N) is 1. The molecule has 2 amide bonds. The molecule has 7 heteroatoms. The number of aliphatic carboxylic acids is 1. The number of benzene rings is 1. The first-order chi connectivity index (χ1) is 11.9. The molecular weight excluding hydrogens is 340 g/mol. The summed E-state index contributed by atoms with van der Waals surface area (Å²) >= 11 is 1.16. The average molecular weight is 366 g/mol.